The second-order valence-corrected chi connectivity index (χ2v) is 7.75. The van der Waals surface area contributed by atoms with E-state index in [4.69, 9.17) is 0 Å². The van der Waals surface area contributed by atoms with Crippen molar-refractivity contribution in [2.75, 3.05) is 14.1 Å². The molecule has 2 rings (SSSR count). The van der Waals surface area contributed by atoms with Crippen LogP contribution in [0.5, 0.6) is 0 Å². The third-order valence-electron chi connectivity index (χ3n) is 3.84. The SMILES string of the molecule is CN(C)S(=O)(=O)NC(=O)CC1CCC(=O)N1Cc1cccc(F)c1. The van der Waals surface area contributed by atoms with E-state index in [-0.39, 0.29) is 25.3 Å². The maximum Gasteiger partial charge on any atom is 0.303 e. The number of nitrogens with one attached hydrogen (secondary N) is 1. The minimum Gasteiger partial charge on any atom is -0.335 e. The summed E-state index contributed by atoms with van der Waals surface area (Å²) in [6.45, 7) is 0.189. The van der Waals surface area contributed by atoms with Crippen LogP contribution in [0.1, 0.15) is 24.8 Å². The second kappa shape index (κ2) is 7.27. The zero-order chi connectivity index (χ0) is 17.9. The third kappa shape index (κ3) is 4.51. The summed E-state index contributed by atoms with van der Waals surface area (Å²) in [5.41, 5.74) is 0.622. The molecule has 7 nitrogen and oxygen atoms in total. The van der Waals surface area contributed by atoms with Crippen LogP contribution >= 0.6 is 0 Å². The fourth-order valence-electron chi connectivity index (χ4n) is 2.55. The molecular weight excluding hydrogens is 337 g/mol. The molecule has 132 valence electrons. The molecule has 1 aliphatic rings. The minimum atomic E-state index is -3.85. The number of carbonyl (C=O) groups is 2. The molecular formula is C15H20FN3O4S. The van der Waals surface area contributed by atoms with E-state index >= 15 is 0 Å². The van der Waals surface area contributed by atoms with Gasteiger partial charge in [-0.3, -0.25) is 9.59 Å². The average molecular weight is 357 g/mol. The zero-order valence-electron chi connectivity index (χ0n) is 13.5. The van der Waals surface area contributed by atoms with Gasteiger partial charge in [-0.2, -0.15) is 12.7 Å². The van der Waals surface area contributed by atoms with Gasteiger partial charge in [0.05, 0.1) is 0 Å². The van der Waals surface area contributed by atoms with Crippen LogP contribution in [0.15, 0.2) is 24.3 Å². The second-order valence-electron chi connectivity index (χ2n) is 5.86. The van der Waals surface area contributed by atoms with Crippen molar-refractivity contribution in [1.29, 1.82) is 0 Å². The summed E-state index contributed by atoms with van der Waals surface area (Å²) in [5.74, 6) is -1.20. The first-order valence-electron chi connectivity index (χ1n) is 7.46. The molecule has 0 aliphatic carbocycles. The van der Waals surface area contributed by atoms with Crippen molar-refractivity contribution in [2.45, 2.75) is 31.8 Å². The third-order valence-corrected chi connectivity index (χ3v) is 5.29. The van der Waals surface area contributed by atoms with E-state index in [0.29, 0.717) is 12.0 Å². The van der Waals surface area contributed by atoms with E-state index in [1.807, 2.05) is 4.72 Å². The maximum atomic E-state index is 13.3. The Labute approximate surface area is 140 Å². The van der Waals surface area contributed by atoms with Crippen molar-refractivity contribution in [3.8, 4) is 0 Å². The molecule has 9 heteroatoms. The molecule has 1 fully saturated rings. The molecule has 0 spiro atoms. The molecule has 1 aliphatic heterocycles. The molecule has 1 aromatic rings. The van der Waals surface area contributed by atoms with Crippen LogP contribution in [0, 0.1) is 5.82 Å². The number of carbonyl (C=O) groups excluding carboxylic acids is 2. The van der Waals surface area contributed by atoms with E-state index in [2.05, 4.69) is 0 Å². The molecule has 1 heterocycles. The quantitative estimate of drug-likeness (QED) is 0.809. The minimum absolute atomic E-state index is 0.117. The van der Waals surface area contributed by atoms with Crippen molar-refractivity contribution >= 4 is 22.0 Å². The number of nitrogens with zero attached hydrogens (tertiary/aromatic N) is 2. The lowest BCUT2D eigenvalue weighted by Gasteiger charge is -2.25. The molecule has 1 aromatic carbocycles. The lowest BCUT2D eigenvalue weighted by molar-refractivity contribution is -0.130. The van der Waals surface area contributed by atoms with Gasteiger partial charge in [0.1, 0.15) is 5.82 Å². The number of rotatable bonds is 6. The molecule has 0 aromatic heterocycles. The first-order valence-corrected chi connectivity index (χ1v) is 8.90. The van der Waals surface area contributed by atoms with E-state index in [1.54, 1.807) is 12.1 Å². The Morgan fingerprint density at radius 1 is 1.42 bits per heavy atom. The van der Waals surface area contributed by atoms with E-state index in [9.17, 15) is 22.4 Å². The highest BCUT2D eigenvalue weighted by atomic mass is 32.2. The van der Waals surface area contributed by atoms with Crippen LogP contribution in [0.2, 0.25) is 0 Å². The molecule has 1 saturated heterocycles. The van der Waals surface area contributed by atoms with Gasteiger partial charge in [0.15, 0.2) is 0 Å². The van der Waals surface area contributed by atoms with Crippen LogP contribution in [0.25, 0.3) is 0 Å². The van der Waals surface area contributed by atoms with Crippen molar-refractivity contribution < 1.29 is 22.4 Å². The maximum absolute atomic E-state index is 13.3. The Morgan fingerprint density at radius 3 is 2.75 bits per heavy atom. The summed E-state index contributed by atoms with van der Waals surface area (Å²) >= 11 is 0. The average Bonchev–Trinajstić information content (AvgIpc) is 2.79. The molecule has 1 N–H and O–H groups in total. The summed E-state index contributed by atoms with van der Waals surface area (Å²) in [6, 6.07) is 5.49. The largest absolute Gasteiger partial charge is 0.335 e. The fourth-order valence-corrected chi connectivity index (χ4v) is 3.10. The predicted octanol–water partition coefficient (Wildman–Crippen LogP) is 0.629. The van der Waals surface area contributed by atoms with Gasteiger partial charge in [-0.15, -0.1) is 0 Å². The molecule has 2 amide bonds. The van der Waals surface area contributed by atoms with E-state index < -0.39 is 28.0 Å². The molecule has 1 unspecified atom stereocenters. The van der Waals surface area contributed by atoms with Crippen molar-refractivity contribution in [1.82, 2.24) is 13.9 Å². The number of amides is 2. The Morgan fingerprint density at radius 2 is 2.12 bits per heavy atom. The van der Waals surface area contributed by atoms with Crippen LogP contribution in [0.3, 0.4) is 0 Å². The van der Waals surface area contributed by atoms with Gasteiger partial charge in [-0.1, -0.05) is 12.1 Å². The smallest absolute Gasteiger partial charge is 0.303 e. The topological polar surface area (TPSA) is 86.8 Å². The summed E-state index contributed by atoms with van der Waals surface area (Å²) in [6.07, 6.45) is 0.630. The standard InChI is InChI=1S/C15H20FN3O4S/c1-18(2)24(22,23)17-14(20)9-13-6-7-15(21)19(13)10-11-4-3-5-12(16)8-11/h3-5,8,13H,6-7,9-10H2,1-2H3,(H,17,20). The van der Waals surface area contributed by atoms with Crippen LogP contribution in [-0.2, 0) is 26.3 Å². The monoisotopic (exact) mass is 357 g/mol. The van der Waals surface area contributed by atoms with Gasteiger partial charge < -0.3 is 4.90 Å². The lowest BCUT2D eigenvalue weighted by atomic mass is 10.1. The summed E-state index contributed by atoms with van der Waals surface area (Å²) in [7, 11) is -1.23. The van der Waals surface area contributed by atoms with Gasteiger partial charge in [-0.25, -0.2) is 9.11 Å². The van der Waals surface area contributed by atoms with E-state index in [1.165, 1.54) is 31.1 Å². The number of benzene rings is 1. The Hall–Kier alpha value is -2.00. The highest BCUT2D eigenvalue weighted by Crippen LogP contribution is 2.24. The lowest BCUT2D eigenvalue weighted by Crippen LogP contribution is -2.42. The van der Waals surface area contributed by atoms with Crippen molar-refractivity contribution in [3.05, 3.63) is 35.6 Å². The zero-order valence-corrected chi connectivity index (χ0v) is 14.3. The molecule has 0 bridgehead atoms. The first kappa shape index (κ1) is 18.3. The van der Waals surface area contributed by atoms with Crippen LogP contribution < -0.4 is 4.72 Å². The predicted molar refractivity (Wildman–Crippen MR) is 85.3 cm³/mol. The number of halogens is 1. The van der Waals surface area contributed by atoms with E-state index in [0.717, 1.165) is 4.31 Å². The first-order chi connectivity index (χ1) is 11.2. The Bertz CT molecular complexity index is 736. The van der Waals surface area contributed by atoms with Gasteiger partial charge >= 0.3 is 10.2 Å². The summed E-state index contributed by atoms with van der Waals surface area (Å²) in [5, 5.41) is 0. The van der Waals surface area contributed by atoms with Gasteiger partial charge in [0.25, 0.3) is 0 Å². The number of hydrogen-bond acceptors (Lipinski definition) is 4. The Kier molecular flexibility index (Phi) is 5.55. The highest BCUT2D eigenvalue weighted by Gasteiger charge is 2.33. The summed E-state index contributed by atoms with van der Waals surface area (Å²) in [4.78, 5) is 25.5. The van der Waals surface area contributed by atoms with Crippen molar-refractivity contribution in [3.63, 3.8) is 0 Å². The van der Waals surface area contributed by atoms with Gasteiger partial charge in [0, 0.05) is 39.5 Å². The molecule has 0 radical (unpaired) electrons. The fraction of sp³-hybridized carbons (Fsp3) is 0.467. The molecule has 24 heavy (non-hydrogen) atoms. The van der Waals surface area contributed by atoms with Crippen LogP contribution in [-0.4, -0.2) is 49.6 Å². The van der Waals surface area contributed by atoms with Gasteiger partial charge in [0.2, 0.25) is 11.8 Å². The summed E-state index contributed by atoms with van der Waals surface area (Å²) < 4.78 is 39.4. The Balaban J connectivity index is 2.04. The van der Waals surface area contributed by atoms with Crippen molar-refractivity contribution in [2.24, 2.45) is 0 Å². The van der Waals surface area contributed by atoms with Crippen LogP contribution in [0.4, 0.5) is 4.39 Å². The molecule has 0 saturated carbocycles. The molecule has 1 atom stereocenters. The highest BCUT2D eigenvalue weighted by molar-refractivity contribution is 7.87. The number of likely N-dealkylation sites (tertiary alicyclic amines) is 1. The van der Waals surface area contributed by atoms with Gasteiger partial charge in [-0.05, 0) is 24.1 Å². The normalized spacial score (nSPS) is 18.2. The number of hydrogen-bond donors (Lipinski definition) is 1.